The third-order valence-corrected chi connectivity index (χ3v) is 8.32. The van der Waals surface area contributed by atoms with E-state index in [9.17, 15) is 4.79 Å². The van der Waals surface area contributed by atoms with Gasteiger partial charge in [0.2, 0.25) is 0 Å². The van der Waals surface area contributed by atoms with E-state index in [-0.39, 0.29) is 11.4 Å². The van der Waals surface area contributed by atoms with Gasteiger partial charge >= 0.3 is 6.03 Å². The highest BCUT2D eigenvalue weighted by molar-refractivity contribution is 5.91. The quantitative estimate of drug-likeness (QED) is 0.281. The lowest BCUT2D eigenvalue weighted by Gasteiger charge is -2.35. The van der Waals surface area contributed by atoms with Crippen molar-refractivity contribution in [3.63, 3.8) is 0 Å². The van der Waals surface area contributed by atoms with E-state index in [1.807, 2.05) is 20.8 Å². The molecule has 1 saturated heterocycles. The summed E-state index contributed by atoms with van der Waals surface area (Å²) < 4.78 is 2.14. The predicted molar refractivity (Wildman–Crippen MR) is 171 cm³/mol. The molecule has 1 aliphatic rings. The second kappa shape index (κ2) is 12.6. The Hall–Kier alpha value is -3.85. The van der Waals surface area contributed by atoms with Gasteiger partial charge in [-0.05, 0) is 43.9 Å². The summed E-state index contributed by atoms with van der Waals surface area (Å²) >= 11 is 0. The fourth-order valence-corrected chi connectivity index (χ4v) is 5.70. The summed E-state index contributed by atoms with van der Waals surface area (Å²) in [7, 11) is 0. The highest BCUT2D eigenvalue weighted by Crippen LogP contribution is 2.30. The first kappa shape index (κ1) is 29.6. The minimum Gasteiger partial charge on any atom is -0.367 e. The zero-order valence-corrected chi connectivity index (χ0v) is 26.1. The number of rotatable bonds is 9. The van der Waals surface area contributed by atoms with Crippen molar-refractivity contribution in [1.29, 1.82) is 0 Å². The molecular weight excluding hydrogens is 524 g/mol. The Balaban J connectivity index is 1.18. The van der Waals surface area contributed by atoms with Crippen LogP contribution in [0.3, 0.4) is 0 Å². The third kappa shape index (κ3) is 6.62. The SMILES string of the molecule is CCN(CC)C(=O)NCCn1cc(CN2CCN(c3cccc4[nH]c(-c5ccc(C(C)(C)C)cc5)nc34)CC2)nc1C. The molecule has 9 heteroatoms. The van der Waals surface area contributed by atoms with Gasteiger partial charge in [0.1, 0.15) is 17.2 Å². The Morgan fingerprint density at radius 1 is 1.00 bits per heavy atom. The number of piperazine rings is 1. The smallest absolute Gasteiger partial charge is 0.317 e. The van der Waals surface area contributed by atoms with Crippen LogP contribution < -0.4 is 10.2 Å². The Morgan fingerprint density at radius 2 is 1.71 bits per heavy atom. The number of carbonyl (C=O) groups is 1. The van der Waals surface area contributed by atoms with Crippen LogP contribution in [0.15, 0.2) is 48.7 Å². The van der Waals surface area contributed by atoms with Crippen LogP contribution in [0, 0.1) is 6.92 Å². The Kier molecular flexibility index (Phi) is 8.87. The molecule has 0 bridgehead atoms. The molecule has 0 saturated carbocycles. The second-order valence-electron chi connectivity index (χ2n) is 12.2. The lowest BCUT2D eigenvalue weighted by molar-refractivity contribution is 0.203. The first-order valence-corrected chi connectivity index (χ1v) is 15.3. The normalized spacial score (nSPS) is 14.5. The van der Waals surface area contributed by atoms with Crippen LogP contribution in [-0.4, -0.2) is 81.2 Å². The summed E-state index contributed by atoms with van der Waals surface area (Å²) in [5.41, 5.74) is 6.92. The number of carbonyl (C=O) groups excluding carboxylic acids is 1. The number of H-pyrrole nitrogens is 1. The molecule has 0 radical (unpaired) electrons. The van der Waals surface area contributed by atoms with Crippen LogP contribution in [0.25, 0.3) is 22.4 Å². The zero-order chi connectivity index (χ0) is 29.9. The molecule has 1 fully saturated rings. The molecule has 0 aliphatic carbocycles. The number of nitrogens with zero attached hydrogens (tertiary/aromatic N) is 6. The van der Waals surface area contributed by atoms with E-state index >= 15 is 0 Å². The van der Waals surface area contributed by atoms with Crippen molar-refractivity contribution in [3.05, 3.63) is 65.7 Å². The molecule has 2 N–H and O–H groups in total. The van der Waals surface area contributed by atoms with Gasteiger partial charge in [-0.15, -0.1) is 0 Å². The monoisotopic (exact) mass is 570 g/mol. The van der Waals surface area contributed by atoms with Gasteiger partial charge in [0.05, 0.1) is 16.9 Å². The highest BCUT2D eigenvalue weighted by atomic mass is 16.2. The van der Waals surface area contributed by atoms with Crippen molar-refractivity contribution in [3.8, 4) is 11.4 Å². The summed E-state index contributed by atoms with van der Waals surface area (Å²) in [4.78, 5) is 32.4. The summed E-state index contributed by atoms with van der Waals surface area (Å²) in [6.45, 7) is 20.1. The van der Waals surface area contributed by atoms with Crippen LogP contribution >= 0.6 is 0 Å². The Bertz CT molecular complexity index is 1480. The largest absolute Gasteiger partial charge is 0.367 e. The molecule has 9 nitrogen and oxygen atoms in total. The number of para-hydroxylation sites is 1. The van der Waals surface area contributed by atoms with E-state index in [2.05, 4.69) is 94.1 Å². The highest BCUT2D eigenvalue weighted by Gasteiger charge is 2.22. The molecule has 5 rings (SSSR count). The van der Waals surface area contributed by atoms with Crippen LogP contribution in [0.4, 0.5) is 10.5 Å². The van der Waals surface area contributed by atoms with Gasteiger partial charge in [-0.25, -0.2) is 14.8 Å². The van der Waals surface area contributed by atoms with Crippen molar-refractivity contribution in [2.24, 2.45) is 0 Å². The van der Waals surface area contributed by atoms with Gasteiger partial charge in [-0.3, -0.25) is 4.90 Å². The molecule has 0 atom stereocenters. The number of urea groups is 1. The van der Waals surface area contributed by atoms with Crippen LogP contribution in [-0.2, 0) is 18.5 Å². The van der Waals surface area contributed by atoms with E-state index in [0.29, 0.717) is 19.6 Å². The summed E-state index contributed by atoms with van der Waals surface area (Å²) in [6, 6.07) is 15.2. The molecule has 3 heterocycles. The minimum atomic E-state index is -0.00706. The number of amides is 2. The first-order valence-electron chi connectivity index (χ1n) is 15.3. The standard InChI is InChI=1S/C33H46N8O/c1-7-39(8-2)32(42)34-16-17-41-23-27(35-24(41)3)22-38-18-20-40(21-19-38)29-11-9-10-28-30(29)37-31(36-28)25-12-14-26(15-13-25)33(4,5)6/h9-15,23H,7-8,16-22H2,1-6H3,(H,34,42)(H,36,37). The number of anilines is 1. The van der Waals surface area contributed by atoms with Crippen molar-refractivity contribution in [2.45, 2.75) is 60.0 Å². The lowest BCUT2D eigenvalue weighted by atomic mass is 9.87. The van der Waals surface area contributed by atoms with E-state index in [0.717, 1.165) is 73.2 Å². The lowest BCUT2D eigenvalue weighted by Crippen LogP contribution is -2.46. The van der Waals surface area contributed by atoms with Gasteiger partial charge in [0.15, 0.2) is 0 Å². The predicted octanol–water partition coefficient (Wildman–Crippen LogP) is 5.41. The molecular formula is C33H46N8O. The molecule has 0 spiro atoms. The average molecular weight is 571 g/mol. The van der Waals surface area contributed by atoms with Gasteiger partial charge in [-0.2, -0.15) is 0 Å². The molecule has 224 valence electrons. The fraction of sp³-hybridized carbons (Fsp3) is 0.485. The van der Waals surface area contributed by atoms with E-state index < -0.39 is 0 Å². The van der Waals surface area contributed by atoms with Crippen molar-refractivity contribution >= 4 is 22.8 Å². The van der Waals surface area contributed by atoms with Crippen molar-refractivity contribution < 1.29 is 4.79 Å². The van der Waals surface area contributed by atoms with Crippen LogP contribution in [0.5, 0.6) is 0 Å². The molecule has 2 amide bonds. The topological polar surface area (TPSA) is 85.3 Å². The maximum absolute atomic E-state index is 12.2. The van der Waals surface area contributed by atoms with E-state index in [1.54, 1.807) is 4.90 Å². The number of aryl methyl sites for hydroxylation is 1. The number of benzene rings is 2. The Morgan fingerprint density at radius 3 is 2.38 bits per heavy atom. The van der Waals surface area contributed by atoms with Gasteiger partial charge < -0.3 is 24.7 Å². The summed E-state index contributed by atoms with van der Waals surface area (Å²) in [5.74, 6) is 1.89. The summed E-state index contributed by atoms with van der Waals surface area (Å²) in [5, 5.41) is 3.02. The molecule has 2 aromatic carbocycles. The number of nitrogens with one attached hydrogen (secondary N) is 2. The number of aromatic amines is 1. The molecule has 42 heavy (non-hydrogen) atoms. The second-order valence-corrected chi connectivity index (χ2v) is 12.2. The van der Waals surface area contributed by atoms with Crippen molar-refractivity contribution in [2.75, 3.05) is 50.7 Å². The Labute approximate surface area is 249 Å². The molecule has 1 aliphatic heterocycles. The van der Waals surface area contributed by atoms with Gasteiger partial charge in [0.25, 0.3) is 0 Å². The van der Waals surface area contributed by atoms with E-state index in [4.69, 9.17) is 9.97 Å². The fourth-order valence-electron chi connectivity index (χ4n) is 5.70. The number of hydrogen-bond donors (Lipinski definition) is 2. The summed E-state index contributed by atoms with van der Waals surface area (Å²) in [6.07, 6.45) is 2.13. The maximum atomic E-state index is 12.2. The number of imidazole rings is 2. The van der Waals surface area contributed by atoms with Gasteiger partial charge in [0, 0.05) is 70.7 Å². The first-order chi connectivity index (χ1) is 20.2. The van der Waals surface area contributed by atoms with Crippen LogP contribution in [0.1, 0.15) is 51.7 Å². The molecule has 4 aromatic rings. The van der Waals surface area contributed by atoms with Crippen LogP contribution in [0.2, 0.25) is 0 Å². The minimum absolute atomic E-state index is 0.00706. The number of hydrogen-bond acceptors (Lipinski definition) is 5. The average Bonchev–Trinajstić information content (AvgIpc) is 3.57. The number of fused-ring (bicyclic) bond motifs is 1. The zero-order valence-electron chi connectivity index (χ0n) is 26.1. The number of aromatic nitrogens is 4. The maximum Gasteiger partial charge on any atom is 0.317 e. The molecule has 2 aromatic heterocycles. The van der Waals surface area contributed by atoms with E-state index in [1.165, 1.54) is 11.3 Å². The third-order valence-electron chi connectivity index (χ3n) is 8.32. The van der Waals surface area contributed by atoms with Crippen molar-refractivity contribution in [1.82, 2.24) is 34.6 Å². The molecule has 0 unspecified atom stereocenters. The van der Waals surface area contributed by atoms with Gasteiger partial charge in [-0.1, -0.05) is 51.1 Å².